The minimum Gasteiger partial charge on any atom is -0.454 e. The van der Waals surface area contributed by atoms with Gasteiger partial charge in [0.1, 0.15) is 11.5 Å². The summed E-state index contributed by atoms with van der Waals surface area (Å²) < 4.78 is 6.54. The predicted octanol–water partition coefficient (Wildman–Crippen LogP) is 5.60. The maximum Gasteiger partial charge on any atom is 0.147 e. The van der Waals surface area contributed by atoms with E-state index in [1.807, 2.05) is 6.07 Å². The van der Waals surface area contributed by atoms with Gasteiger partial charge in [-0.2, -0.15) is 0 Å². The van der Waals surface area contributed by atoms with E-state index in [0.717, 1.165) is 10.0 Å². The van der Waals surface area contributed by atoms with Crippen LogP contribution in [0, 0.1) is 0 Å². The zero-order valence-electron chi connectivity index (χ0n) is 10.0. The molecule has 0 aromatic heterocycles. The van der Waals surface area contributed by atoms with Crippen molar-refractivity contribution in [3.05, 3.63) is 56.5 Å². The van der Waals surface area contributed by atoms with E-state index < -0.39 is 6.10 Å². The van der Waals surface area contributed by atoms with Crippen molar-refractivity contribution in [2.75, 3.05) is 0 Å². The summed E-state index contributed by atoms with van der Waals surface area (Å²) in [6.07, 6.45) is -0.569. The minimum absolute atomic E-state index is 0.425. The van der Waals surface area contributed by atoms with Gasteiger partial charge in [-0.05, 0) is 42.8 Å². The number of rotatable bonds is 3. The molecule has 0 saturated carbocycles. The fourth-order valence-electron chi connectivity index (χ4n) is 1.53. The Kier molecular flexibility index (Phi) is 4.74. The van der Waals surface area contributed by atoms with Crippen molar-refractivity contribution < 1.29 is 9.84 Å². The van der Waals surface area contributed by atoms with E-state index in [2.05, 4.69) is 15.9 Å². The predicted molar refractivity (Wildman–Crippen MR) is 81.3 cm³/mol. The van der Waals surface area contributed by atoms with Crippen LogP contribution in [0.3, 0.4) is 0 Å². The average Bonchev–Trinajstić information content (AvgIpc) is 2.36. The summed E-state index contributed by atoms with van der Waals surface area (Å²) in [6, 6.07) is 10.5. The molecule has 1 atom stereocenters. The summed E-state index contributed by atoms with van der Waals surface area (Å²) in [5, 5.41) is 10.4. The fraction of sp³-hybridized carbons (Fsp3) is 0.143. The zero-order chi connectivity index (χ0) is 14.0. The monoisotopic (exact) mass is 360 g/mol. The Morgan fingerprint density at radius 1 is 1.05 bits per heavy atom. The minimum atomic E-state index is -0.569. The van der Waals surface area contributed by atoms with Crippen molar-refractivity contribution in [3.8, 4) is 11.5 Å². The second-order valence-corrected chi connectivity index (χ2v) is 5.77. The molecule has 0 aliphatic rings. The van der Waals surface area contributed by atoms with Crippen LogP contribution in [0.1, 0.15) is 18.6 Å². The summed E-state index contributed by atoms with van der Waals surface area (Å²) in [5.41, 5.74) is 0.734. The highest BCUT2D eigenvalue weighted by molar-refractivity contribution is 9.10. The first-order chi connectivity index (χ1) is 8.97. The molecule has 0 heterocycles. The lowest BCUT2D eigenvalue weighted by Crippen LogP contribution is -1.92. The molecule has 0 spiro atoms. The van der Waals surface area contributed by atoms with Crippen molar-refractivity contribution in [2.24, 2.45) is 0 Å². The first kappa shape index (κ1) is 14.7. The second-order valence-electron chi connectivity index (χ2n) is 4.04. The smallest absolute Gasteiger partial charge is 0.147 e. The molecular weight excluding hydrogens is 351 g/mol. The van der Waals surface area contributed by atoms with Crippen LogP contribution in [0.25, 0.3) is 0 Å². The molecule has 0 unspecified atom stereocenters. The standard InChI is InChI=1S/C14H11BrCl2O2/c1-8(18)9-2-5-13(12(17)6-9)19-14-7-10(15)3-4-11(14)16/h2-8,18H,1H3/t8-/m1/s1. The molecule has 0 fully saturated rings. The third-order valence-electron chi connectivity index (χ3n) is 2.55. The molecule has 100 valence electrons. The summed E-state index contributed by atoms with van der Waals surface area (Å²) in [5.74, 6) is 1.01. The van der Waals surface area contributed by atoms with Gasteiger partial charge in [-0.3, -0.25) is 0 Å². The van der Waals surface area contributed by atoms with E-state index in [1.54, 1.807) is 37.3 Å². The lowest BCUT2D eigenvalue weighted by molar-refractivity contribution is 0.199. The number of ether oxygens (including phenoxy) is 1. The van der Waals surface area contributed by atoms with E-state index in [-0.39, 0.29) is 0 Å². The molecule has 0 aliphatic carbocycles. The van der Waals surface area contributed by atoms with Gasteiger partial charge in [0.2, 0.25) is 0 Å². The lowest BCUT2D eigenvalue weighted by atomic mass is 10.1. The summed E-state index contributed by atoms with van der Waals surface area (Å²) in [4.78, 5) is 0. The van der Waals surface area contributed by atoms with Crippen LogP contribution < -0.4 is 4.74 Å². The Labute approximate surface area is 130 Å². The average molecular weight is 362 g/mol. The van der Waals surface area contributed by atoms with E-state index in [9.17, 15) is 5.11 Å². The van der Waals surface area contributed by atoms with Crippen LogP contribution in [0.2, 0.25) is 10.0 Å². The Hall–Kier alpha value is -0.740. The van der Waals surface area contributed by atoms with E-state index in [0.29, 0.717) is 21.5 Å². The zero-order valence-corrected chi connectivity index (χ0v) is 13.1. The quantitative estimate of drug-likeness (QED) is 0.770. The van der Waals surface area contributed by atoms with E-state index >= 15 is 0 Å². The number of hydrogen-bond acceptors (Lipinski definition) is 2. The molecule has 0 bridgehead atoms. The molecule has 1 N–H and O–H groups in total. The largest absolute Gasteiger partial charge is 0.454 e. The molecule has 5 heteroatoms. The summed E-state index contributed by atoms with van der Waals surface area (Å²) in [6.45, 7) is 1.68. The Morgan fingerprint density at radius 3 is 2.42 bits per heavy atom. The van der Waals surface area contributed by atoms with Gasteiger partial charge in [-0.15, -0.1) is 0 Å². The Balaban J connectivity index is 2.31. The SMILES string of the molecule is C[C@@H](O)c1ccc(Oc2cc(Br)ccc2Cl)c(Cl)c1. The number of halogens is 3. The van der Waals surface area contributed by atoms with Crippen molar-refractivity contribution >= 4 is 39.1 Å². The Bertz CT molecular complexity index is 600. The van der Waals surface area contributed by atoms with Gasteiger partial charge >= 0.3 is 0 Å². The third-order valence-corrected chi connectivity index (χ3v) is 3.65. The number of hydrogen-bond donors (Lipinski definition) is 1. The second kappa shape index (κ2) is 6.14. The Morgan fingerprint density at radius 2 is 1.79 bits per heavy atom. The van der Waals surface area contributed by atoms with Crippen molar-refractivity contribution in [3.63, 3.8) is 0 Å². The van der Waals surface area contributed by atoms with Crippen molar-refractivity contribution in [1.29, 1.82) is 0 Å². The first-order valence-corrected chi connectivity index (χ1v) is 7.12. The first-order valence-electron chi connectivity index (χ1n) is 5.58. The molecular formula is C14H11BrCl2O2. The molecule has 2 nitrogen and oxygen atoms in total. The van der Waals surface area contributed by atoms with E-state index in [4.69, 9.17) is 27.9 Å². The molecule has 2 rings (SSSR count). The van der Waals surface area contributed by atoms with Gasteiger partial charge in [0.25, 0.3) is 0 Å². The number of benzene rings is 2. The molecule has 0 aliphatic heterocycles. The van der Waals surface area contributed by atoms with Gasteiger partial charge < -0.3 is 9.84 Å². The van der Waals surface area contributed by atoms with Crippen LogP contribution in [0.15, 0.2) is 40.9 Å². The van der Waals surface area contributed by atoms with Crippen molar-refractivity contribution in [1.82, 2.24) is 0 Å². The molecule has 0 amide bonds. The highest BCUT2D eigenvalue weighted by Gasteiger charge is 2.09. The van der Waals surface area contributed by atoms with Crippen LogP contribution in [-0.2, 0) is 0 Å². The fourth-order valence-corrected chi connectivity index (χ4v) is 2.26. The van der Waals surface area contributed by atoms with Crippen LogP contribution in [0.4, 0.5) is 0 Å². The van der Waals surface area contributed by atoms with Crippen LogP contribution in [-0.4, -0.2) is 5.11 Å². The molecule has 0 saturated heterocycles. The van der Waals surface area contributed by atoms with Crippen molar-refractivity contribution in [2.45, 2.75) is 13.0 Å². The lowest BCUT2D eigenvalue weighted by Gasteiger charge is -2.11. The number of aliphatic hydroxyl groups excluding tert-OH is 1. The topological polar surface area (TPSA) is 29.5 Å². The molecule has 2 aromatic carbocycles. The van der Waals surface area contributed by atoms with Crippen LogP contribution >= 0.6 is 39.1 Å². The molecule has 2 aromatic rings. The number of aliphatic hydroxyl groups is 1. The van der Waals surface area contributed by atoms with Crippen LogP contribution in [0.5, 0.6) is 11.5 Å². The third kappa shape index (κ3) is 3.63. The van der Waals surface area contributed by atoms with Gasteiger partial charge in [0.05, 0.1) is 16.1 Å². The maximum absolute atomic E-state index is 9.48. The summed E-state index contributed by atoms with van der Waals surface area (Å²) in [7, 11) is 0. The summed E-state index contributed by atoms with van der Waals surface area (Å²) >= 11 is 15.5. The van der Waals surface area contributed by atoms with Gasteiger partial charge in [0, 0.05) is 4.47 Å². The van der Waals surface area contributed by atoms with Gasteiger partial charge in [-0.25, -0.2) is 0 Å². The van der Waals surface area contributed by atoms with Gasteiger partial charge in [-0.1, -0.05) is 45.2 Å². The highest BCUT2D eigenvalue weighted by atomic mass is 79.9. The maximum atomic E-state index is 9.48. The van der Waals surface area contributed by atoms with Gasteiger partial charge in [0.15, 0.2) is 0 Å². The molecule has 19 heavy (non-hydrogen) atoms. The highest BCUT2D eigenvalue weighted by Crippen LogP contribution is 2.36. The van der Waals surface area contributed by atoms with E-state index in [1.165, 1.54) is 0 Å². The normalized spacial score (nSPS) is 12.3. The molecule has 0 radical (unpaired) electrons.